The maximum atomic E-state index is 11.2. The largest absolute Gasteiger partial charge is 0.383 e. The first kappa shape index (κ1) is 9.68. The number of nitrogens with one attached hydrogen (secondary N) is 1. The van der Waals surface area contributed by atoms with E-state index in [0.29, 0.717) is 31.3 Å². The number of piperidine rings is 1. The highest BCUT2D eigenvalue weighted by atomic mass is 16.5. The van der Waals surface area contributed by atoms with Crippen LogP contribution < -0.4 is 5.32 Å². The molecule has 0 aliphatic carbocycles. The second kappa shape index (κ2) is 4.58. The summed E-state index contributed by atoms with van der Waals surface area (Å²) in [5.74, 6) is 0.364. The van der Waals surface area contributed by atoms with Crippen LogP contribution >= 0.6 is 0 Å². The minimum absolute atomic E-state index is 0.237. The van der Waals surface area contributed by atoms with E-state index >= 15 is 0 Å². The number of rotatable bonds is 3. The number of ketones is 1. The minimum atomic E-state index is 0.237. The monoisotopic (exact) mass is 171 g/mol. The molecule has 3 nitrogen and oxygen atoms in total. The first-order chi connectivity index (χ1) is 5.76. The van der Waals surface area contributed by atoms with Crippen LogP contribution in [0.25, 0.3) is 0 Å². The molecule has 1 heterocycles. The molecule has 70 valence electrons. The lowest BCUT2D eigenvalue weighted by molar-refractivity contribution is -0.122. The second-order valence-electron chi connectivity index (χ2n) is 3.37. The number of hydrogen-bond acceptors (Lipinski definition) is 3. The van der Waals surface area contributed by atoms with E-state index in [0.717, 1.165) is 6.42 Å². The lowest BCUT2D eigenvalue weighted by Gasteiger charge is -2.28. The van der Waals surface area contributed by atoms with Gasteiger partial charge in [0.15, 0.2) is 0 Å². The van der Waals surface area contributed by atoms with Crippen molar-refractivity contribution in [1.29, 1.82) is 0 Å². The molecule has 1 fully saturated rings. The van der Waals surface area contributed by atoms with Crippen LogP contribution in [-0.4, -0.2) is 31.6 Å². The predicted molar refractivity (Wildman–Crippen MR) is 47.1 cm³/mol. The fourth-order valence-electron chi connectivity index (χ4n) is 1.65. The van der Waals surface area contributed by atoms with Gasteiger partial charge in [0.05, 0.1) is 6.61 Å². The van der Waals surface area contributed by atoms with Gasteiger partial charge in [0, 0.05) is 32.0 Å². The molecule has 0 aromatic carbocycles. The molecule has 1 N–H and O–H groups in total. The third-order valence-electron chi connectivity index (χ3n) is 2.28. The number of carbonyl (C=O) groups is 1. The molecule has 0 spiro atoms. The fourth-order valence-corrected chi connectivity index (χ4v) is 1.65. The number of carbonyl (C=O) groups excluding carboxylic acids is 1. The summed E-state index contributed by atoms with van der Waals surface area (Å²) in [5, 5.41) is 3.39. The Kier molecular flexibility index (Phi) is 3.69. The number of hydrogen-bond donors (Lipinski definition) is 1. The average molecular weight is 171 g/mol. The molecule has 2 unspecified atom stereocenters. The van der Waals surface area contributed by atoms with Crippen molar-refractivity contribution in [3.63, 3.8) is 0 Å². The molecular formula is C9H17NO2. The van der Waals surface area contributed by atoms with Gasteiger partial charge in [-0.3, -0.25) is 4.79 Å². The molecule has 12 heavy (non-hydrogen) atoms. The number of ether oxygens (including phenoxy) is 1. The molecule has 0 aromatic heterocycles. The molecular weight excluding hydrogens is 154 g/mol. The SMILES string of the molecule is CCC1CC(=O)CC(COC)N1. The van der Waals surface area contributed by atoms with Crippen molar-refractivity contribution < 1.29 is 9.53 Å². The summed E-state index contributed by atoms with van der Waals surface area (Å²) in [5.41, 5.74) is 0. The molecule has 2 atom stereocenters. The fraction of sp³-hybridized carbons (Fsp3) is 0.889. The smallest absolute Gasteiger partial charge is 0.136 e. The summed E-state index contributed by atoms with van der Waals surface area (Å²) in [7, 11) is 1.67. The van der Waals surface area contributed by atoms with E-state index in [1.807, 2.05) is 0 Å². The molecule has 0 amide bonds. The lowest BCUT2D eigenvalue weighted by atomic mass is 9.96. The number of Topliss-reactive ketones (excluding diaryl/α,β-unsaturated/α-hetero) is 1. The zero-order chi connectivity index (χ0) is 8.97. The summed E-state index contributed by atoms with van der Waals surface area (Å²) >= 11 is 0. The van der Waals surface area contributed by atoms with Gasteiger partial charge in [-0.2, -0.15) is 0 Å². The van der Waals surface area contributed by atoms with Crippen molar-refractivity contribution in [3.8, 4) is 0 Å². The van der Waals surface area contributed by atoms with E-state index in [2.05, 4.69) is 12.2 Å². The van der Waals surface area contributed by atoms with Gasteiger partial charge >= 0.3 is 0 Å². The summed E-state index contributed by atoms with van der Waals surface area (Å²) in [6.45, 7) is 2.74. The highest BCUT2D eigenvalue weighted by Crippen LogP contribution is 2.11. The minimum Gasteiger partial charge on any atom is -0.383 e. The molecule has 1 aliphatic rings. The van der Waals surface area contributed by atoms with E-state index in [4.69, 9.17) is 4.74 Å². The molecule has 0 saturated carbocycles. The van der Waals surface area contributed by atoms with Crippen molar-refractivity contribution >= 4 is 5.78 Å². The van der Waals surface area contributed by atoms with Crippen LogP contribution in [0.1, 0.15) is 26.2 Å². The zero-order valence-electron chi connectivity index (χ0n) is 7.80. The summed E-state index contributed by atoms with van der Waals surface area (Å²) in [4.78, 5) is 11.2. The van der Waals surface area contributed by atoms with E-state index in [9.17, 15) is 4.79 Å². The Morgan fingerprint density at radius 3 is 2.75 bits per heavy atom. The Balaban J connectivity index is 2.39. The standard InChI is InChI=1S/C9H17NO2/c1-3-7-4-9(11)5-8(10-7)6-12-2/h7-8,10H,3-6H2,1-2H3. The van der Waals surface area contributed by atoms with Gasteiger partial charge in [-0.05, 0) is 6.42 Å². The summed E-state index contributed by atoms with van der Waals surface area (Å²) < 4.78 is 5.01. The maximum Gasteiger partial charge on any atom is 0.136 e. The Hall–Kier alpha value is -0.410. The quantitative estimate of drug-likeness (QED) is 0.680. The van der Waals surface area contributed by atoms with E-state index in [-0.39, 0.29) is 6.04 Å². The van der Waals surface area contributed by atoms with Gasteiger partial charge in [0.1, 0.15) is 5.78 Å². The Morgan fingerprint density at radius 2 is 2.17 bits per heavy atom. The van der Waals surface area contributed by atoms with E-state index < -0.39 is 0 Å². The van der Waals surface area contributed by atoms with Gasteiger partial charge in [-0.15, -0.1) is 0 Å². The zero-order valence-corrected chi connectivity index (χ0v) is 7.80. The van der Waals surface area contributed by atoms with Crippen LogP contribution in [0.3, 0.4) is 0 Å². The Morgan fingerprint density at radius 1 is 1.50 bits per heavy atom. The third kappa shape index (κ3) is 2.57. The molecule has 1 rings (SSSR count). The van der Waals surface area contributed by atoms with Crippen molar-refractivity contribution in [2.45, 2.75) is 38.3 Å². The van der Waals surface area contributed by atoms with Gasteiger partial charge in [-0.1, -0.05) is 6.92 Å². The molecule has 0 radical (unpaired) electrons. The van der Waals surface area contributed by atoms with Gasteiger partial charge in [0.2, 0.25) is 0 Å². The molecule has 0 aromatic rings. The Labute approximate surface area is 73.5 Å². The summed E-state index contributed by atoms with van der Waals surface area (Å²) in [6.07, 6.45) is 2.34. The predicted octanol–water partition coefficient (Wildman–Crippen LogP) is 0.732. The normalized spacial score (nSPS) is 30.7. The van der Waals surface area contributed by atoms with Crippen LogP contribution in [0.5, 0.6) is 0 Å². The van der Waals surface area contributed by atoms with Crippen molar-refractivity contribution in [3.05, 3.63) is 0 Å². The average Bonchev–Trinajstić information content (AvgIpc) is 2.04. The highest BCUT2D eigenvalue weighted by Gasteiger charge is 2.24. The van der Waals surface area contributed by atoms with Crippen molar-refractivity contribution in [1.82, 2.24) is 5.32 Å². The maximum absolute atomic E-state index is 11.2. The first-order valence-corrected chi connectivity index (χ1v) is 4.53. The molecule has 1 aliphatic heterocycles. The van der Waals surface area contributed by atoms with Crippen molar-refractivity contribution in [2.75, 3.05) is 13.7 Å². The highest BCUT2D eigenvalue weighted by molar-refractivity contribution is 5.80. The molecule has 3 heteroatoms. The van der Waals surface area contributed by atoms with Crippen molar-refractivity contribution in [2.24, 2.45) is 0 Å². The van der Waals surface area contributed by atoms with Crippen LogP contribution in [-0.2, 0) is 9.53 Å². The van der Waals surface area contributed by atoms with Crippen LogP contribution in [0, 0.1) is 0 Å². The summed E-state index contributed by atoms with van der Waals surface area (Å²) in [6, 6.07) is 0.604. The van der Waals surface area contributed by atoms with Gasteiger partial charge in [-0.25, -0.2) is 0 Å². The molecule has 0 bridgehead atoms. The van der Waals surface area contributed by atoms with E-state index in [1.165, 1.54) is 0 Å². The first-order valence-electron chi connectivity index (χ1n) is 4.53. The van der Waals surface area contributed by atoms with Crippen LogP contribution in [0.4, 0.5) is 0 Å². The van der Waals surface area contributed by atoms with Crippen LogP contribution in [0.2, 0.25) is 0 Å². The topological polar surface area (TPSA) is 38.3 Å². The second-order valence-corrected chi connectivity index (χ2v) is 3.37. The van der Waals surface area contributed by atoms with E-state index in [1.54, 1.807) is 7.11 Å². The van der Waals surface area contributed by atoms with Gasteiger partial charge in [0.25, 0.3) is 0 Å². The third-order valence-corrected chi connectivity index (χ3v) is 2.28. The van der Waals surface area contributed by atoms with Crippen LogP contribution in [0.15, 0.2) is 0 Å². The molecule has 1 saturated heterocycles. The van der Waals surface area contributed by atoms with Gasteiger partial charge < -0.3 is 10.1 Å². The number of methoxy groups -OCH3 is 1. The lowest BCUT2D eigenvalue weighted by Crippen LogP contribution is -2.47. The Bertz CT molecular complexity index is 159.